The van der Waals surface area contributed by atoms with E-state index in [0.29, 0.717) is 33.8 Å². The highest BCUT2D eigenvalue weighted by atomic mass is 35.5. The van der Waals surface area contributed by atoms with Gasteiger partial charge in [0.2, 0.25) is 5.91 Å². The van der Waals surface area contributed by atoms with Crippen LogP contribution in [0.2, 0.25) is 10.0 Å². The zero-order valence-electron chi connectivity index (χ0n) is 17.4. The van der Waals surface area contributed by atoms with Crippen LogP contribution in [0.25, 0.3) is 0 Å². The molecule has 0 radical (unpaired) electrons. The summed E-state index contributed by atoms with van der Waals surface area (Å²) in [5.74, 6) is 0.454. The van der Waals surface area contributed by atoms with Gasteiger partial charge in [-0.15, -0.1) is 0 Å². The number of benzene rings is 2. The minimum atomic E-state index is -0.946. The van der Waals surface area contributed by atoms with Crippen molar-refractivity contribution in [2.75, 3.05) is 38.3 Å². The zero-order valence-corrected chi connectivity index (χ0v) is 18.9. The number of hydrogen-bond donors (Lipinski definition) is 1. The van der Waals surface area contributed by atoms with E-state index >= 15 is 0 Å². The second-order valence-electron chi connectivity index (χ2n) is 7.88. The van der Waals surface area contributed by atoms with Crippen LogP contribution in [0.4, 0.5) is 5.69 Å². The van der Waals surface area contributed by atoms with Gasteiger partial charge < -0.3 is 14.6 Å². The van der Waals surface area contributed by atoms with E-state index < -0.39 is 12.1 Å². The fraction of sp³-hybridized carbons (Fsp3) is 0.435. The lowest BCUT2D eigenvalue weighted by molar-refractivity contribution is -0.118. The fourth-order valence-corrected chi connectivity index (χ4v) is 4.56. The number of methoxy groups -OCH3 is 1. The molecule has 0 aliphatic carbocycles. The second kappa shape index (κ2) is 9.65. The molecule has 0 aromatic heterocycles. The maximum atomic E-state index is 13.2. The number of hydrogen-bond acceptors (Lipinski definition) is 5. The van der Waals surface area contributed by atoms with Gasteiger partial charge in [-0.1, -0.05) is 29.3 Å². The number of anilines is 1. The van der Waals surface area contributed by atoms with Gasteiger partial charge in [0.25, 0.3) is 0 Å². The smallest absolute Gasteiger partial charge is 0.236 e. The standard InChI is InChI=1S/C23H26Cl2N2O4/c1-30-20-7-5-16(13-21(20)31-11-10-26-8-2-3-9-26)27-22(28)14-17(23(27)29)15-4-6-18(24)19(25)12-15/h4-7,12-13,17,22,28H,2-3,8-11,14H2,1H3. The Morgan fingerprint density at radius 1 is 1.06 bits per heavy atom. The van der Waals surface area contributed by atoms with Crippen molar-refractivity contribution in [1.29, 1.82) is 0 Å². The van der Waals surface area contributed by atoms with Crippen molar-refractivity contribution in [2.24, 2.45) is 0 Å². The van der Waals surface area contributed by atoms with Crippen LogP contribution >= 0.6 is 23.2 Å². The first-order chi connectivity index (χ1) is 15.0. The van der Waals surface area contributed by atoms with Crippen molar-refractivity contribution in [3.63, 3.8) is 0 Å². The lowest BCUT2D eigenvalue weighted by atomic mass is 9.97. The lowest BCUT2D eigenvalue weighted by Gasteiger charge is -2.23. The predicted octanol–water partition coefficient (Wildman–Crippen LogP) is 4.32. The molecule has 2 aliphatic heterocycles. The van der Waals surface area contributed by atoms with Gasteiger partial charge in [0, 0.05) is 19.0 Å². The topological polar surface area (TPSA) is 62.2 Å². The van der Waals surface area contributed by atoms with Gasteiger partial charge in [-0.3, -0.25) is 14.6 Å². The first kappa shape index (κ1) is 22.2. The van der Waals surface area contributed by atoms with Crippen LogP contribution in [-0.2, 0) is 4.79 Å². The highest BCUT2D eigenvalue weighted by Crippen LogP contribution is 2.40. The van der Waals surface area contributed by atoms with Gasteiger partial charge in [0.15, 0.2) is 11.5 Å². The van der Waals surface area contributed by atoms with Crippen molar-refractivity contribution in [2.45, 2.75) is 31.4 Å². The SMILES string of the molecule is COc1ccc(N2C(=O)C(c3ccc(Cl)c(Cl)c3)CC2O)cc1OCCN1CCCC1. The summed E-state index contributed by atoms with van der Waals surface area (Å²) < 4.78 is 11.4. The number of aliphatic hydroxyl groups excluding tert-OH is 1. The Morgan fingerprint density at radius 2 is 1.84 bits per heavy atom. The minimum absolute atomic E-state index is 0.195. The highest BCUT2D eigenvalue weighted by Gasteiger charge is 2.40. The third-order valence-electron chi connectivity index (χ3n) is 5.92. The molecule has 2 unspecified atom stereocenters. The average molecular weight is 465 g/mol. The van der Waals surface area contributed by atoms with Crippen molar-refractivity contribution < 1.29 is 19.4 Å². The molecule has 31 heavy (non-hydrogen) atoms. The normalized spacial score (nSPS) is 21.7. The number of ether oxygens (including phenoxy) is 2. The maximum Gasteiger partial charge on any atom is 0.236 e. The molecule has 2 atom stereocenters. The van der Waals surface area contributed by atoms with Gasteiger partial charge in [0.1, 0.15) is 12.8 Å². The number of halogens is 2. The number of carbonyl (C=O) groups is 1. The van der Waals surface area contributed by atoms with Crippen molar-refractivity contribution >= 4 is 34.8 Å². The Kier molecular flexibility index (Phi) is 6.92. The summed E-state index contributed by atoms with van der Waals surface area (Å²) in [6, 6.07) is 10.4. The third-order valence-corrected chi connectivity index (χ3v) is 6.65. The van der Waals surface area contributed by atoms with Gasteiger partial charge in [-0.2, -0.15) is 0 Å². The third kappa shape index (κ3) is 4.77. The van der Waals surface area contributed by atoms with Crippen LogP contribution < -0.4 is 14.4 Å². The summed E-state index contributed by atoms with van der Waals surface area (Å²) in [4.78, 5) is 16.9. The van der Waals surface area contributed by atoms with E-state index in [1.54, 1.807) is 43.5 Å². The largest absolute Gasteiger partial charge is 0.493 e. The molecule has 1 N–H and O–H groups in total. The molecule has 2 aromatic rings. The van der Waals surface area contributed by atoms with E-state index in [1.807, 2.05) is 0 Å². The summed E-state index contributed by atoms with van der Waals surface area (Å²) >= 11 is 12.1. The molecular weight excluding hydrogens is 439 g/mol. The van der Waals surface area contributed by atoms with E-state index in [2.05, 4.69) is 4.90 Å². The second-order valence-corrected chi connectivity index (χ2v) is 8.70. The molecule has 2 saturated heterocycles. The molecule has 0 saturated carbocycles. The van der Waals surface area contributed by atoms with E-state index in [-0.39, 0.29) is 12.3 Å². The monoisotopic (exact) mass is 464 g/mol. The number of aliphatic hydroxyl groups is 1. The van der Waals surface area contributed by atoms with Crippen LogP contribution in [0, 0.1) is 0 Å². The van der Waals surface area contributed by atoms with E-state index in [9.17, 15) is 9.90 Å². The highest BCUT2D eigenvalue weighted by molar-refractivity contribution is 6.42. The molecule has 2 fully saturated rings. The van der Waals surface area contributed by atoms with Crippen molar-refractivity contribution in [1.82, 2.24) is 4.90 Å². The molecule has 166 valence electrons. The molecule has 0 bridgehead atoms. The Labute approximate surface area is 192 Å². The number of carbonyl (C=O) groups excluding carboxylic acids is 1. The molecule has 2 aliphatic rings. The molecule has 6 nitrogen and oxygen atoms in total. The summed E-state index contributed by atoms with van der Waals surface area (Å²) in [6.07, 6.45) is 1.79. The summed E-state index contributed by atoms with van der Waals surface area (Å²) in [5.41, 5.74) is 1.30. The predicted molar refractivity (Wildman–Crippen MR) is 121 cm³/mol. The van der Waals surface area contributed by atoms with Crippen LogP contribution in [0.1, 0.15) is 30.7 Å². The molecular formula is C23H26Cl2N2O4. The number of amides is 1. The summed E-state index contributed by atoms with van der Waals surface area (Å²) in [7, 11) is 1.58. The molecule has 4 rings (SSSR count). The zero-order chi connectivity index (χ0) is 22.0. The van der Waals surface area contributed by atoms with E-state index in [4.69, 9.17) is 32.7 Å². The number of rotatable bonds is 7. The van der Waals surface area contributed by atoms with Crippen LogP contribution in [0.5, 0.6) is 11.5 Å². The van der Waals surface area contributed by atoms with Gasteiger partial charge in [-0.25, -0.2) is 0 Å². The fourth-order valence-electron chi connectivity index (χ4n) is 4.26. The first-order valence-electron chi connectivity index (χ1n) is 10.5. The van der Waals surface area contributed by atoms with Crippen molar-refractivity contribution in [3.8, 4) is 11.5 Å². The van der Waals surface area contributed by atoms with Gasteiger partial charge in [-0.05, 0) is 55.8 Å². The first-order valence-corrected chi connectivity index (χ1v) is 11.2. The average Bonchev–Trinajstić information content (AvgIpc) is 3.38. The van der Waals surface area contributed by atoms with E-state index in [0.717, 1.165) is 25.2 Å². The van der Waals surface area contributed by atoms with Crippen LogP contribution in [-0.4, -0.2) is 55.5 Å². The maximum absolute atomic E-state index is 13.2. The summed E-state index contributed by atoms with van der Waals surface area (Å²) in [6.45, 7) is 3.58. The Bertz CT molecular complexity index is 949. The van der Waals surface area contributed by atoms with Gasteiger partial charge in [0.05, 0.1) is 28.8 Å². The summed E-state index contributed by atoms with van der Waals surface area (Å²) in [5, 5.41) is 11.5. The van der Waals surface area contributed by atoms with Crippen LogP contribution in [0.3, 0.4) is 0 Å². The lowest BCUT2D eigenvalue weighted by Crippen LogP contribution is -2.33. The molecule has 2 aromatic carbocycles. The minimum Gasteiger partial charge on any atom is -0.493 e. The molecule has 2 heterocycles. The molecule has 0 spiro atoms. The Morgan fingerprint density at radius 3 is 2.55 bits per heavy atom. The quantitative estimate of drug-likeness (QED) is 0.660. The van der Waals surface area contributed by atoms with Gasteiger partial charge >= 0.3 is 0 Å². The van der Waals surface area contributed by atoms with Crippen LogP contribution in [0.15, 0.2) is 36.4 Å². The Balaban J connectivity index is 1.52. The number of likely N-dealkylation sites (tertiary alicyclic amines) is 1. The Hall–Kier alpha value is -1.99. The van der Waals surface area contributed by atoms with E-state index in [1.165, 1.54) is 17.7 Å². The number of nitrogens with zero attached hydrogens (tertiary/aromatic N) is 2. The van der Waals surface area contributed by atoms with Crippen molar-refractivity contribution in [3.05, 3.63) is 52.0 Å². The molecule has 1 amide bonds. The molecule has 8 heteroatoms.